The Labute approximate surface area is 464 Å². The average Bonchev–Trinajstić information content (AvgIpc) is 2.21. The Kier molecular flexibility index (Phi) is 12.4. The van der Waals surface area contributed by atoms with E-state index in [0.29, 0.717) is 95.7 Å². The first-order chi connectivity index (χ1) is 39.5. The quantitative estimate of drug-likeness (QED) is 0.0848. The zero-order chi connectivity index (χ0) is 55.6. The van der Waals surface area contributed by atoms with Crippen LogP contribution in [0.15, 0.2) is 250 Å². The van der Waals surface area contributed by atoms with E-state index in [1.165, 1.54) is 0 Å². The molecule has 0 fully saturated rings. The Balaban J connectivity index is 1.03. The van der Waals surface area contributed by atoms with Gasteiger partial charge in [0.25, 0.3) is 0 Å². The van der Waals surface area contributed by atoms with Crippen molar-refractivity contribution in [3.05, 3.63) is 340 Å². The van der Waals surface area contributed by atoms with Crippen molar-refractivity contribution in [1.29, 1.82) is 0 Å². The molecule has 13 rings (SSSR count). The standard InChI is InChI=1S/C72H45F6NO2/c1-3-44-18-28-51(29-19-44)80-53-32-22-46(23-33-53)71(67-63(73)38-40-65(75)69(67)77)59-16-10-8-14-55(59)57-36-26-49(42-61(57)71)79(48-12-6-5-7-13-48)50-27-37-58-56-15-9-11-17-60(56)72(62(58)43-50,68-64(74)39-41-66(76)70(68)78)47-24-34-54(35-25-47)81-52-30-20-45(4-2)21-31-52/h3-43H,1-2H2. The normalized spacial score (nSPS) is 15.5. The average molecular weight is 1070 g/mol. The molecule has 2 aliphatic carbocycles. The summed E-state index contributed by atoms with van der Waals surface area (Å²) in [6.07, 6.45) is 3.45. The van der Waals surface area contributed by atoms with Gasteiger partial charge in [-0.3, -0.25) is 0 Å². The number of anilines is 3. The second-order valence-electron chi connectivity index (χ2n) is 20.0. The number of hydrogen-bond donors (Lipinski definition) is 0. The highest BCUT2D eigenvalue weighted by Gasteiger charge is 2.52. The fourth-order valence-electron chi connectivity index (χ4n) is 12.2. The lowest BCUT2D eigenvalue weighted by Gasteiger charge is -2.36. The molecule has 0 aliphatic heterocycles. The van der Waals surface area contributed by atoms with Crippen LogP contribution in [0.1, 0.15) is 55.6 Å². The molecule has 0 heterocycles. The van der Waals surface area contributed by atoms with E-state index in [1.54, 1.807) is 84.9 Å². The van der Waals surface area contributed by atoms with E-state index in [-0.39, 0.29) is 0 Å². The molecule has 0 amide bonds. The minimum atomic E-state index is -1.79. The van der Waals surface area contributed by atoms with Crippen molar-refractivity contribution in [3.63, 3.8) is 0 Å². The van der Waals surface area contributed by atoms with Gasteiger partial charge in [0.15, 0.2) is 23.3 Å². The molecule has 81 heavy (non-hydrogen) atoms. The van der Waals surface area contributed by atoms with Crippen molar-refractivity contribution in [2.75, 3.05) is 4.90 Å². The lowest BCUT2D eigenvalue weighted by molar-refractivity contribution is 0.463. The van der Waals surface area contributed by atoms with Crippen LogP contribution in [0, 0.1) is 34.9 Å². The number of rotatable bonds is 13. The van der Waals surface area contributed by atoms with Crippen molar-refractivity contribution in [2.24, 2.45) is 0 Å². The van der Waals surface area contributed by atoms with Gasteiger partial charge in [0, 0.05) is 28.2 Å². The van der Waals surface area contributed by atoms with Gasteiger partial charge in [-0.25, -0.2) is 26.3 Å². The number of nitrogens with zero attached hydrogens (tertiary/aromatic N) is 1. The largest absolute Gasteiger partial charge is 0.457 e. The monoisotopic (exact) mass is 1070 g/mol. The molecule has 2 unspecified atom stereocenters. The van der Waals surface area contributed by atoms with Gasteiger partial charge >= 0.3 is 0 Å². The zero-order valence-electron chi connectivity index (χ0n) is 43.1. The fourth-order valence-corrected chi connectivity index (χ4v) is 12.2. The summed E-state index contributed by atoms with van der Waals surface area (Å²) in [4.78, 5) is 1.95. The predicted octanol–water partition coefficient (Wildman–Crippen LogP) is 19.6. The van der Waals surface area contributed by atoms with Crippen molar-refractivity contribution in [2.45, 2.75) is 10.8 Å². The van der Waals surface area contributed by atoms with Crippen LogP contribution >= 0.6 is 0 Å². The zero-order valence-corrected chi connectivity index (χ0v) is 43.1. The summed E-state index contributed by atoms with van der Waals surface area (Å²) in [6, 6.07) is 67.4. The summed E-state index contributed by atoms with van der Waals surface area (Å²) in [5, 5.41) is 0. The Hall–Kier alpha value is -10.1. The number of halogens is 6. The molecule has 11 aromatic rings. The summed E-state index contributed by atoms with van der Waals surface area (Å²) in [7, 11) is 0. The molecule has 0 aromatic heterocycles. The first-order valence-corrected chi connectivity index (χ1v) is 26.2. The van der Waals surface area contributed by atoms with Gasteiger partial charge in [0.1, 0.15) is 34.6 Å². The molecule has 0 saturated carbocycles. The molecular weight excluding hydrogens is 1020 g/mol. The Morgan fingerprint density at radius 2 is 0.667 bits per heavy atom. The maximum atomic E-state index is 17.1. The van der Waals surface area contributed by atoms with E-state index < -0.39 is 56.9 Å². The lowest BCUT2D eigenvalue weighted by atomic mass is 9.67. The fraction of sp³-hybridized carbons (Fsp3) is 0.0278. The number of para-hydroxylation sites is 1. The summed E-state index contributed by atoms with van der Waals surface area (Å²) < 4.78 is 113. The maximum Gasteiger partial charge on any atom is 0.166 e. The number of ether oxygens (including phenoxy) is 2. The first-order valence-electron chi connectivity index (χ1n) is 26.2. The highest BCUT2D eigenvalue weighted by Crippen LogP contribution is 2.61. The molecule has 0 radical (unpaired) electrons. The van der Waals surface area contributed by atoms with Crippen LogP contribution in [0.3, 0.4) is 0 Å². The molecule has 11 aromatic carbocycles. The van der Waals surface area contributed by atoms with Gasteiger partial charge in [0.2, 0.25) is 0 Å². The predicted molar refractivity (Wildman–Crippen MR) is 309 cm³/mol. The van der Waals surface area contributed by atoms with Crippen molar-refractivity contribution < 1.29 is 35.8 Å². The summed E-state index contributed by atoms with van der Waals surface area (Å²) in [6.45, 7) is 7.66. The van der Waals surface area contributed by atoms with Gasteiger partial charge in [-0.05, 0) is 176 Å². The summed E-state index contributed by atoms with van der Waals surface area (Å²) in [5.41, 5.74) is 4.33. The van der Waals surface area contributed by atoms with Crippen LogP contribution in [-0.4, -0.2) is 0 Å². The number of hydrogen-bond acceptors (Lipinski definition) is 3. The van der Waals surface area contributed by atoms with Crippen molar-refractivity contribution in [1.82, 2.24) is 0 Å². The molecular formula is C72H45F6NO2. The van der Waals surface area contributed by atoms with E-state index >= 15 is 26.3 Å². The lowest BCUT2D eigenvalue weighted by Crippen LogP contribution is -2.32. The van der Waals surface area contributed by atoms with Gasteiger partial charge in [0.05, 0.1) is 10.8 Å². The minimum absolute atomic E-state index is 0.427. The summed E-state index contributed by atoms with van der Waals surface area (Å²) >= 11 is 0. The van der Waals surface area contributed by atoms with E-state index in [2.05, 4.69) is 13.2 Å². The Bertz CT molecular complexity index is 4020. The highest BCUT2D eigenvalue weighted by atomic mass is 19.2. The van der Waals surface area contributed by atoms with Crippen LogP contribution in [0.4, 0.5) is 43.4 Å². The van der Waals surface area contributed by atoms with Gasteiger partial charge in [-0.2, -0.15) is 0 Å². The Morgan fingerprint density at radius 1 is 0.321 bits per heavy atom. The van der Waals surface area contributed by atoms with Crippen LogP contribution < -0.4 is 14.4 Å². The first kappa shape index (κ1) is 50.4. The highest BCUT2D eigenvalue weighted by molar-refractivity contribution is 5.92. The van der Waals surface area contributed by atoms with Crippen molar-refractivity contribution >= 4 is 29.2 Å². The molecule has 0 bridgehead atoms. The molecule has 9 heteroatoms. The van der Waals surface area contributed by atoms with E-state index in [4.69, 9.17) is 9.47 Å². The summed E-state index contributed by atoms with van der Waals surface area (Å²) in [5.74, 6) is -5.06. The number of benzene rings is 11. The second-order valence-corrected chi connectivity index (χ2v) is 20.0. The molecule has 3 nitrogen and oxygen atoms in total. The molecule has 0 saturated heterocycles. The molecule has 392 valence electrons. The topological polar surface area (TPSA) is 21.7 Å². The smallest absolute Gasteiger partial charge is 0.166 e. The van der Waals surface area contributed by atoms with E-state index in [0.717, 1.165) is 35.4 Å². The van der Waals surface area contributed by atoms with Gasteiger partial charge < -0.3 is 14.4 Å². The Morgan fingerprint density at radius 3 is 1.06 bits per heavy atom. The maximum absolute atomic E-state index is 17.1. The van der Waals surface area contributed by atoms with Gasteiger partial charge in [-0.1, -0.05) is 153 Å². The molecule has 0 spiro atoms. The molecule has 2 atom stereocenters. The molecule has 2 aliphatic rings. The third kappa shape index (κ3) is 8.06. The molecule has 0 N–H and O–H groups in total. The third-order valence-electron chi connectivity index (χ3n) is 15.7. The van der Waals surface area contributed by atoms with E-state index in [1.807, 2.05) is 144 Å². The van der Waals surface area contributed by atoms with E-state index in [9.17, 15) is 0 Å². The number of fused-ring (bicyclic) bond motifs is 6. The minimum Gasteiger partial charge on any atom is -0.457 e. The van der Waals surface area contributed by atoms with Crippen molar-refractivity contribution in [3.8, 4) is 45.3 Å². The van der Waals surface area contributed by atoms with Crippen LogP contribution in [0.2, 0.25) is 0 Å². The third-order valence-corrected chi connectivity index (χ3v) is 15.7. The van der Waals surface area contributed by atoms with Crippen LogP contribution in [0.25, 0.3) is 34.4 Å². The SMILES string of the molecule is C=Cc1ccc(Oc2ccc(C3(c4c(F)ccc(F)c4F)c4ccccc4-c4ccc(N(c5ccccc5)c5ccc6c(c5)C(c5ccc(Oc7ccc(C=C)cc7)cc5)(c5c(F)ccc(F)c5F)c5ccccc5-6)cc43)cc2)cc1. The van der Waals surface area contributed by atoms with Crippen LogP contribution in [0.5, 0.6) is 23.0 Å². The van der Waals surface area contributed by atoms with Crippen LogP contribution in [-0.2, 0) is 10.8 Å². The second kappa shape index (κ2) is 20.0. The van der Waals surface area contributed by atoms with Gasteiger partial charge in [-0.15, -0.1) is 0 Å².